The maximum absolute atomic E-state index is 12.7. The Balaban J connectivity index is 1.82. The molecule has 0 spiro atoms. The Hall–Kier alpha value is -3.66. The van der Waals surface area contributed by atoms with Crippen molar-refractivity contribution in [2.45, 2.75) is 40.0 Å². The molecule has 3 rings (SSSR count). The van der Waals surface area contributed by atoms with Crippen LogP contribution in [-0.4, -0.2) is 30.9 Å². The molecular weight excluding hydrogens is 394 g/mol. The van der Waals surface area contributed by atoms with Gasteiger partial charge in [-0.05, 0) is 19.9 Å². The van der Waals surface area contributed by atoms with E-state index in [1.165, 1.54) is 11.2 Å². The second-order valence-electron chi connectivity index (χ2n) is 8.46. The van der Waals surface area contributed by atoms with Crippen LogP contribution in [0.4, 0.5) is 11.5 Å². The molecular formula is C21H29N9O. The number of aryl methyl sites for hydroxylation is 2. The molecule has 6 N–H and O–H groups in total. The van der Waals surface area contributed by atoms with Crippen LogP contribution in [0.1, 0.15) is 53.8 Å². The summed E-state index contributed by atoms with van der Waals surface area (Å²) >= 11 is 0. The summed E-state index contributed by atoms with van der Waals surface area (Å²) in [4.78, 5) is 17.0. The van der Waals surface area contributed by atoms with Crippen molar-refractivity contribution in [2.75, 3.05) is 10.3 Å². The molecule has 0 saturated heterocycles. The molecule has 0 fully saturated rings. The Morgan fingerprint density at radius 1 is 1.26 bits per heavy atom. The summed E-state index contributed by atoms with van der Waals surface area (Å²) in [5.74, 6) is 6.33. The number of hydrazine groups is 1. The van der Waals surface area contributed by atoms with Gasteiger partial charge in [0.2, 0.25) is 0 Å². The van der Waals surface area contributed by atoms with Gasteiger partial charge in [-0.2, -0.15) is 10.2 Å². The van der Waals surface area contributed by atoms with E-state index in [0.29, 0.717) is 28.5 Å². The van der Waals surface area contributed by atoms with Crippen molar-refractivity contribution < 1.29 is 4.79 Å². The van der Waals surface area contributed by atoms with Gasteiger partial charge in [0.05, 0.1) is 28.8 Å². The first-order chi connectivity index (χ1) is 14.5. The third-order valence-corrected chi connectivity index (χ3v) is 5.05. The maximum atomic E-state index is 12.7. The third kappa shape index (κ3) is 4.75. The highest BCUT2D eigenvalue weighted by atomic mass is 16.1. The Morgan fingerprint density at radius 2 is 1.97 bits per heavy atom. The third-order valence-electron chi connectivity index (χ3n) is 5.05. The minimum absolute atomic E-state index is 0.104. The van der Waals surface area contributed by atoms with Gasteiger partial charge < -0.3 is 11.1 Å². The number of aromatic amines is 1. The predicted octanol–water partition coefficient (Wildman–Crippen LogP) is 2.34. The molecule has 0 aliphatic carbocycles. The summed E-state index contributed by atoms with van der Waals surface area (Å²) in [7, 11) is 1.84. The average molecular weight is 424 g/mol. The molecule has 1 amide bonds. The predicted molar refractivity (Wildman–Crippen MR) is 121 cm³/mol. The molecule has 0 aliphatic rings. The van der Waals surface area contributed by atoms with E-state index in [1.54, 1.807) is 30.1 Å². The zero-order valence-corrected chi connectivity index (χ0v) is 18.7. The van der Waals surface area contributed by atoms with Gasteiger partial charge in [0.1, 0.15) is 0 Å². The molecule has 0 aliphatic heterocycles. The van der Waals surface area contributed by atoms with Crippen LogP contribution in [0.15, 0.2) is 30.7 Å². The van der Waals surface area contributed by atoms with Crippen molar-refractivity contribution in [3.8, 4) is 0 Å². The fourth-order valence-corrected chi connectivity index (χ4v) is 2.94. The number of amides is 1. The van der Waals surface area contributed by atoms with Gasteiger partial charge in [0, 0.05) is 47.9 Å². The lowest BCUT2D eigenvalue weighted by Crippen LogP contribution is -2.27. The van der Waals surface area contributed by atoms with Crippen LogP contribution in [0.5, 0.6) is 0 Å². The molecule has 0 saturated carbocycles. The van der Waals surface area contributed by atoms with Crippen LogP contribution >= 0.6 is 0 Å². The van der Waals surface area contributed by atoms with Gasteiger partial charge in [-0.15, -0.1) is 0 Å². The Labute approximate surface area is 181 Å². The molecule has 164 valence electrons. The van der Waals surface area contributed by atoms with Crippen molar-refractivity contribution in [3.63, 3.8) is 0 Å². The van der Waals surface area contributed by atoms with Gasteiger partial charge >= 0.3 is 0 Å². The number of hydrogen-bond donors (Lipinski definition) is 4. The topological polar surface area (TPSA) is 144 Å². The number of aromatic nitrogens is 5. The number of H-pyrrole nitrogens is 1. The van der Waals surface area contributed by atoms with E-state index in [9.17, 15) is 4.79 Å². The van der Waals surface area contributed by atoms with Gasteiger partial charge in [0.15, 0.2) is 5.82 Å². The van der Waals surface area contributed by atoms with Crippen LogP contribution in [-0.2, 0) is 12.5 Å². The summed E-state index contributed by atoms with van der Waals surface area (Å²) in [5.41, 5.74) is 10.7. The monoisotopic (exact) mass is 423 g/mol. The van der Waals surface area contributed by atoms with Crippen LogP contribution in [0.2, 0.25) is 0 Å². The van der Waals surface area contributed by atoms with E-state index in [-0.39, 0.29) is 11.3 Å². The summed E-state index contributed by atoms with van der Waals surface area (Å²) in [6.07, 6.45) is 4.76. The Morgan fingerprint density at radius 3 is 2.55 bits per heavy atom. The zero-order valence-electron chi connectivity index (χ0n) is 18.7. The number of pyridine rings is 1. The van der Waals surface area contributed by atoms with Crippen LogP contribution < -0.4 is 21.9 Å². The number of nitrogens with zero attached hydrogens (tertiary/aromatic N) is 5. The van der Waals surface area contributed by atoms with Gasteiger partial charge in [-0.25, -0.2) is 5.84 Å². The molecule has 0 unspecified atom stereocenters. The summed E-state index contributed by atoms with van der Waals surface area (Å²) in [6.45, 7) is 9.90. The first kappa shape index (κ1) is 22.0. The van der Waals surface area contributed by atoms with Crippen LogP contribution in [0.3, 0.4) is 0 Å². The lowest BCUT2D eigenvalue weighted by atomic mass is 9.92. The minimum atomic E-state index is -0.339. The van der Waals surface area contributed by atoms with Crippen molar-refractivity contribution in [2.24, 2.45) is 18.6 Å². The lowest BCUT2D eigenvalue weighted by molar-refractivity contribution is 0.102. The summed E-state index contributed by atoms with van der Waals surface area (Å²) < 4.78 is 1.73. The minimum Gasteiger partial charge on any atom is -0.397 e. The Bertz CT molecular complexity index is 1130. The summed E-state index contributed by atoms with van der Waals surface area (Å²) in [5, 5.41) is 15.4. The Kier molecular flexibility index (Phi) is 5.85. The van der Waals surface area contributed by atoms with Crippen molar-refractivity contribution in [1.82, 2.24) is 25.0 Å². The number of hydrogen-bond acceptors (Lipinski definition) is 7. The van der Waals surface area contributed by atoms with Gasteiger partial charge in [-0.1, -0.05) is 20.8 Å². The van der Waals surface area contributed by atoms with E-state index < -0.39 is 0 Å². The molecule has 0 atom stereocenters. The zero-order chi connectivity index (χ0) is 22.9. The number of carbonyl (C=O) groups is 1. The number of rotatable bonds is 5. The molecule has 10 nitrogen and oxygen atoms in total. The highest BCUT2D eigenvalue weighted by Crippen LogP contribution is 2.23. The average Bonchev–Trinajstić information content (AvgIpc) is 3.29. The molecule has 0 radical (unpaired) electrons. The van der Waals surface area contributed by atoms with E-state index in [2.05, 4.69) is 46.4 Å². The number of nitrogens with one attached hydrogen (secondary N) is 2. The van der Waals surface area contributed by atoms with E-state index in [0.717, 1.165) is 17.0 Å². The lowest BCUT2D eigenvalue weighted by Gasteiger charge is -2.18. The van der Waals surface area contributed by atoms with Crippen molar-refractivity contribution in [1.29, 1.82) is 0 Å². The second kappa shape index (κ2) is 8.23. The van der Waals surface area contributed by atoms with Gasteiger partial charge in [-0.3, -0.25) is 24.6 Å². The first-order valence-corrected chi connectivity index (χ1v) is 9.81. The number of carbonyl (C=O) groups excluding carboxylic acids is 1. The first-order valence-electron chi connectivity index (χ1n) is 9.81. The van der Waals surface area contributed by atoms with E-state index in [1.807, 2.05) is 20.0 Å². The fraction of sp³-hybridized carbons (Fsp3) is 0.333. The normalized spacial score (nSPS) is 12.2. The standard InChI is InChI=1S/C21H29N9O/c1-12-17(30(23)11-16(22)15-10-25-29(6)13(15)2)7-14(9-24-12)20(31)26-19-8-18(27-28-19)21(3,4)5/h7-11H,22-23H2,1-6H3,(H2,26,27,28,31)/b16-11-. The highest BCUT2D eigenvalue weighted by Gasteiger charge is 2.18. The van der Waals surface area contributed by atoms with Gasteiger partial charge in [0.25, 0.3) is 5.91 Å². The molecule has 3 aromatic rings. The fourth-order valence-electron chi connectivity index (χ4n) is 2.94. The molecule has 31 heavy (non-hydrogen) atoms. The SMILES string of the molecule is Cc1ncc(C(=O)Nc2cc(C(C)(C)C)[nH]n2)cc1N(N)/C=C(\N)c1cnn(C)c1C. The molecule has 3 heterocycles. The number of anilines is 2. The van der Waals surface area contributed by atoms with Crippen molar-refractivity contribution in [3.05, 3.63) is 58.9 Å². The smallest absolute Gasteiger partial charge is 0.258 e. The quantitative estimate of drug-likeness (QED) is 0.364. The summed E-state index contributed by atoms with van der Waals surface area (Å²) in [6, 6.07) is 3.48. The van der Waals surface area contributed by atoms with E-state index in [4.69, 9.17) is 11.6 Å². The second-order valence-corrected chi connectivity index (χ2v) is 8.46. The number of nitrogens with two attached hydrogens (primary N) is 2. The van der Waals surface area contributed by atoms with Crippen LogP contribution in [0.25, 0.3) is 5.70 Å². The molecule has 10 heteroatoms. The maximum Gasteiger partial charge on any atom is 0.258 e. The molecule has 0 bridgehead atoms. The van der Waals surface area contributed by atoms with E-state index >= 15 is 0 Å². The molecule has 3 aromatic heterocycles. The van der Waals surface area contributed by atoms with Crippen molar-refractivity contribution >= 4 is 23.1 Å². The van der Waals surface area contributed by atoms with Crippen LogP contribution in [0, 0.1) is 13.8 Å². The highest BCUT2D eigenvalue weighted by molar-refractivity contribution is 6.04. The largest absolute Gasteiger partial charge is 0.397 e. The molecule has 0 aromatic carbocycles.